The van der Waals surface area contributed by atoms with Gasteiger partial charge in [0.25, 0.3) is 0 Å². The van der Waals surface area contributed by atoms with Crippen LogP contribution in [0, 0.1) is 22.7 Å². The van der Waals surface area contributed by atoms with Crippen molar-refractivity contribution in [2.24, 2.45) is 0 Å². The van der Waals surface area contributed by atoms with E-state index in [1.54, 1.807) is 6.08 Å². The topological polar surface area (TPSA) is 70.6 Å². The quantitative estimate of drug-likeness (QED) is 0.158. The predicted octanol–water partition coefficient (Wildman–Crippen LogP) is 9.40. The van der Waals surface area contributed by atoms with Crippen LogP contribution in [0.5, 0.6) is 0 Å². The molecule has 0 saturated carbocycles. The maximum atomic E-state index is 10.2. The molecule has 0 fully saturated rings. The monoisotopic (exact) mass is 552 g/mol. The van der Waals surface area contributed by atoms with Crippen molar-refractivity contribution in [3.63, 3.8) is 0 Å². The van der Waals surface area contributed by atoms with Crippen LogP contribution in [0.2, 0.25) is 0 Å². The second-order valence-electron chi connectivity index (χ2n) is 10.7. The smallest absolute Gasteiger partial charge is 0.145 e. The standard InChI is InChI=1S/C38H24N4O/c39-22-25(26(23-40)24-42-32-15-5-1-11-27(32)28-12-2-6-16-33(28)42)10-9-21-41-34-17-7-3-14-31(34)37-35(41)20-19-30-29-13-4-8-18-36(29)43-38(30)37/h1-20H,21,24H2/b10-9-,26-25+. The SMILES string of the molecule is N#CC(/C=C\Cn1c2ccccc2c2c3oc4ccccc4c3ccc21)=C(\C#N)Cn1c2ccccc2c2ccccc21. The van der Waals surface area contributed by atoms with Gasteiger partial charge in [-0.3, -0.25) is 0 Å². The molecule has 3 aromatic heterocycles. The van der Waals surface area contributed by atoms with Crippen LogP contribution in [-0.2, 0) is 13.1 Å². The molecule has 0 radical (unpaired) electrons. The number of aromatic nitrogens is 2. The minimum Gasteiger partial charge on any atom is -0.455 e. The van der Waals surface area contributed by atoms with Crippen LogP contribution >= 0.6 is 0 Å². The van der Waals surface area contributed by atoms with Crippen molar-refractivity contribution >= 4 is 65.6 Å². The van der Waals surface area contributed by atoms with Gasteiger partial charge >= 0.3 is 0 Å². The first-order valence-corrected chi connectivity index (χ1v) is 14.2. The number of benzene rings is 5. The molecular weight excluding hydrogens is 528 g/mol. The summed E-state index contributed by atoms with van der Waals surface area (Å²) in [5, 5.41) is 27.0. The van der Waals surface area contributed by atoms with Gasteiger partial charge in [0.2, 0.25) is 0 Å². The summed E-state index contributed by atoms with van der Waals surface area (Å²) in [6.45, 7) is 0.853. The van der Waals surface area contributed by atoms with E-state index in [0.717, 1.165) is 65.6 Å². The van der Waals surface area contributed by atoms with Crippen LogP contribution in [-0.4, -0.2) is 9.13 Å². The Morgan fingerprint density at radius 3 is 1.88 bits per heavy atom. The molecule has 0 amide bonds. The van der Waals surface area contributed by atoms with Gasteiger partial charge in [-0.15, -0.1) is 0 Å². The summed E-state index contributed by atoms with van der Waals surface area (Å²) < 4.78 is 10.7. The van der Waals surface area contributed by atoms with E-state index in [1.807, 2.05) is 60.7 Å². The van der Waals surface area contributed by atoms with Crippen molar-refractivity contribution in [1.29, 1.82) is 10.5 Å². The average Bonchev–Trinajstić information content (AvgIpc) is 3.70. The fourth-order valence-electron chi connectivity index (χ4n) is 6.50. The minimum atomic E-state index is 0.317. The largest absolute Gasteiger partial charge is 0.455 e. The molecular formula is C38H24N4O. The molecule has 8 rings (SSSR count). The Balaban J connectivity index is 1.21. The highest BCUT2D eigenvalue weighted by atomic mass is 16.3. The zero-order valence-corrected chi connectivity index (χ0v) is 23.2. The van der Waals surface area contributed by atoms with Crippen LogP contribution in [0.15, 0.2) is 137 Å². The third-order valence-corrected chi connectivity index (χ3v) is 8.43. The number of fused-ring (bicyclic) bond motifs is 10. The highest BCUT2D eigenvalue weighted by Gasteiger charge is 2.17. The van der Waals surface area contributed by atoms with Gasteiger partial charge < -0.3 is 13.6 Å². The number of nitriles is 2. The van der Waals surface area contributed by atoms with E-state index in [2.05, 4.69) is 75.9 Å². The van der Waals surface area contributed by atoms with Gasteiger partial charge in [-0.05, 0) is 42.5 Å². The Labute approximate surface area is 247 Å². The number of nitrogens with zero attached hydrogens (tertiary/aromatic N) is 4. The maximum absolute atomic E-state index is 10.2. The van der Waals surface area contributed by atoms with Crippen LogP contribution < -0.4 is 0 Å². The Hall–Kier alpha value is -6.04. The van der Waals surface area contributed by atoms with E-state index >= 15 is 0 Å². The molecule has 5 heteroatoms. The van der Waals surface area contributed by atoms with Gasteiger partial charge in [0, 0.05) is 50.0 Å². The molecule has 0 spiro atoms. The fourth-order valence-corrected chi connectivity index (χ4v) is 6.50. The maximum Gasteiger partial charge on any atom is 0.145 e. The molecule has 0 bridgehead atoms. The predicted molar refractivity (Wildman–Crippen MR) is 174 cm³/mol. The highest BCUT2D eigenvalue weighted by Crippen LogP contribution is 2.39. The van der Waals surface area contributed by atoms with Gasteiger partial charge in [0.1, 0.15) is 17.2 Å². The minimum absolute atomic E-state index is 0.317. The molecule has 3 heterocycles. The third kappa shape index (κ3) is 3.76. The number of hydrogen-bond acceptors (Lipinski definition) is 3. The van der Waals surface area contributed by atoms with Gasteiger partial charge in [-0.1, -0.05) is 78.9 Å². The second kappa shape index (κ2) is 9.80. The summed E-state index contributed by atoms with van der Waals surface area (Å²) in [7, 11) is 0. The van der Waals surface area contributed by atoms with Crippen molar-refractivity contribution in [2.75, 3.05) is 0 Å². The molecule has 0 unspecified atom stereocenters. The summed E-state index contributed by atoms with van der Waals surface area (Å²) in [5.74, 6) is 0. The van der Waals surface area contributed by atoms with Crippen LogP contribution in [0.25, 0.3) is 65.6 Å². The van der Waals surface area contributed by atoms with E-state index in [4.69, 9.17) is 4.42 Å². The van der Waals surface area contributed by atoms with Crippen molar-refractivity contribution in [1.82, 2.24) is 9.13 Å². The summed E-state index contributed by atoms with van der Waals surface area (Å²) in [6.07, 6.45) is 3.75. The summed E-state index contributed by atoms with van der Waals surface area (Å²) in [6, 6.07) is 41.7. The first-order chi connectivity index (χ1) is 21.3. The lowest BCUT2D eigenvalue weighted by molar-refractivity contribution is 0.673. The number of furan rings is 1. The Morgan fingerprint density at radius 2 is 1.21 bits per heavy atom. The van der Waals surface area contributed by atoms with E-state index < -0.39 is 0 Å². The first-order valence-electron chi connectivity index (χ1n) is 14.2. The number of hydrogen-bond donors (Lipinski definition) is 0. The zero-order valence-electron chi connectivity index (χ0n) is 23.2. The lowest BCUT2D eigenvalue weighted by Gasteiger charge is -2.08. The highest BCUT2D eigenvalue weighted by molar-refractivity contribution is 6.23. The van der Waals surface area contributed by atoms with E-state index in [0.29, 0.717) is 24.2 Å². The van der Waals surface area contributed by atoms with Crippen LogP contribution in [0.4, 0.5) is 0 Å². The average molecular weight is 553 g/mol. The second-order valence-corrected chi connectivity index (χ2v) is 10.7. The van der Waals surface area contributed by atoms with Crippen LogP contribution in [0.3, 0.4) is 0 Å². The van der Waals surface area contributed by atoms with Crippen molar-refractivity contribution in [3.8, 4) is 12.1 Å². The van der Waals surface area contributed by atoms with Gasteiger partial charge in [0.05, 0.1) is 34.7 Å². The third-order valence-electron chi connectivity index (χ3n) is 8.43. The molecule has 0 saturated heterocycles. The zero-order chi connectivity index (χ0) is 28.9. The van der Waals surface area contributed by atoms with Gasteiger partial charge in [-0.25, -0.2) is 0 Å². The van der Waals surface area contributed by atoms with E-state index in [1.165, 1.54) is 0 Å². The Bertz CT molecular complexity index is 2490. The molecule has 5 nitrogen and oxygen atoms in total. The molecule has 0 aliphatic carbocycles. The van der Waals surface area contributed by atoms with Gasteiger partial charge in [-0.2, -0.15) is 10.5 Å². The molecule has 0 N–H and O–H groups in total. The molecule has 0 aliphatic rings. The summed E-state index contributed by atoms with van der Waals surface area (Å²) in [4.78, 5) is 0. The molecule has 0 aliphatic heterocycles. The van der Waals surface area contributed by atoms with Crippen molar-refractivity contribution < 1.29 is 4.42 Å². The summed E-state index contributed by atoms with van der Waals surface area (Å²) >= 11 is 0. The van der Waals surface area contributed by atoms with Gasteiger partial charge in [0.15, 0.2) is 0 Å². The first kappa shape index (κ1) is 24.7. The van der Waals surface area contributed by atoms with E-state index in [9.17, 15) is 10.5 Å². The number of para-hydroxylation sites is 4. The summed E-state index contributed by atoms with van der Waals surface area (Å²) in [5.41, 5.74) is 6.78. The Kier molecular flexibility index (Phi) is 5.64. The molecule has 202 valence electrons. The number of rotatable bonds is 5. The van der Waals surface area contributed by atoms with Crippen LogP contribution in [0.1, 0.15) is 0 Å². The molecule has 5 aromatic carbocycles. The molecule has 43 heavy (non-hydrogen) atoms. The molecule has 0 atom stereocenters. The lowest BCUT2D eigenvalue weighted by atomic mass is 10.1. The Morgan fingerprint density at radius 1 is 0.605 bits per heavy atom. The van der Waals surface area contributed by atoms with Crippen molar-refractivity contribution in [3.05, 3.63) is 132 Å². The van der Waals surface area contributed by atoms with Crippen molar-refractivity contribution in [2.45, 2.75) is 13.1 Å². The fraction of sp³-hybridized carbons (Fsp3) is 0.0526. The number of allylic oxidation sites excluding steroid dienone is 4. The van der Waals surface area contributed by atoms with E-state index in [-0.39, 0.29) is 0 Å². The normalized spacial score (nSPS) is 12.6. The lowest BCUT2D eigenvalue weighted by Crippen LogP contribution is -2.02. The molecule has 8 aromatic rings.